The molecule has 5 nitrogen and oxygen atoms in total. The van der Waals surface area contributed by atoms with Crippen molar-refractivity contribution >= 4 is 11.9 Å². The van der Waals surface area contributed by atoms with E-state index in [1.807, 2.05) is 0 Å². The molecule has 110 valence electrons. The van der Waals surface area contributed by atoms with E-state index >= 15 is 0 Å². The topological polar surface area (TPSA) is 78.4 Å². The van der Waals surface area contributed by atoms with E-state index in [9.17, 15) is 18.4 Å². The van der Waals surface area contributed by atoms with E-state index in [1.54, 1.807) is 6.92 Å². The van der Waals surface area contributed by atoms with Crippen molar-refractivity contribution in [1.82, 2.24) is 10.6 Å². The molecule has 2 unspecified atom stereocenters. The predicted molar refractivity (Wildman–Crippen MR) is 68.0 cm³/mol. The Balaban J connectivity index is 2.76. The van der Waals surface area contributed by atoms with Crippen LogP contribution in [-0.2, 0) is 9.59 Å². The summed E-state index contributed by atoms with van der Waals surface area (Å²) in [6.07, 6.45) is 0. The van der Waals surface area contributed by atoms with Crippen LogP contribution in [0.3, 0.4) is 0 Å². The van der Waals surface area contributed by atoms with Crippen LogP contribution < -0.4 is 10.6 Å². The molecule has 0 aliphatic heterocycles. The first-order valence-corrected chi connectivity index (χ1v) is 5.99. The van der Waals surface area contributed by atoms with E-state index in [0.717, 1.165) is 12.1 Å². The summed E-state index contributed by atoms with van der Waals surface area (Å²) in [6, 6.07) is 1.44. The first-order valence-electron chi connectivity index (χ1n) is 5.99. The number of halogens is 2. The van der Waals surface area contributed by atoms with E-state index in [1.165, 1.54) is 13.0 Å². The number of benzene rings is 1. The smallest absolute Gasteiger partial charge is 0.325 e. The molecule has 0 radical (unpaired) electrons. The second kappa shape index (κ2) is 6.95. The second-order valence-corrected chi connectivity index (χ2v) is 4.45. The summed E-state index contributed by atoms with van der Waals surface area (Å²) < 4.78 is 26.0. The molecule has 0 aliphatic carbocycles. The molecule has 1 rings (SSSR count). The van der Waals surface area contributed by atoms with Gasteiger partial charge in [-0.1, -0.05) is 6.07 Å². The van der Waals surface area contributed by atoms with Gasteiger partial charge in [-0.3, -0.25) is 14.9 Å². The number of carboxylic acids is 1. The standard InChI is InChI=1S/C13H16F2N2O3/c1-7(17-8(2)18)6-16-12(13(19)20)9-3-4-10(14)11(15)5-9/h3-5,7,12,16H,6H2,1-2H3,(H,17,18)(H,19,20). The van der Waals surface area contributed by atoms with Gasteiger partial charge in [0.15, 0.2) is 11.6 Å². The maximum absolute atomic E-state index is 13.1. The maximum Gasteiger partial charge on any atom is 0.325 e. The summed E-state index contributed by atoms with van der Waals surface area (Å²) in [7, 11) is 0. The molecule has 0 spiro atoms. The van der Waals surface area contributed by atoms with Gasteiger partial charge in [-0.2, -0.15) is 0 Å². The van der Waals surface area contributed by atoms with Gasteiger partial charge in [-0.15, -0.1) is 0 Å². The first kappa shape index (κ1) is 16.0. The molecule has 0 aliphatic rings. The summed E-state index contributed by atoms with van der Waals surface area (Å²) in [4.78, 5) is 22.0. The van der Waals surface area contributed by atoms with E-state index in [2.05, 4.69) is 10.6 Å². The number of hydrogen-bond donors (Lipinski definition) is 3. The van der Waals surface area contributed by atoms with E-state index < -0.39 is 23.6 Å². The number of amides is 1. The number of rotatable bonds is 6. The third-order valence-electron chi connectivity index (χ3n) is 2.60. The Kier molecular flexibility index (Phi) is 5.57. The summed E-state index contributed by atoms with van der Waals surface area (Å²) in [5.74, 6) is -3.60. The van der Waals surface area contributed by atoms with Crippen molar-refractivity contribution in [2.24, 2.45) is 0 Å². The summed E-state index contributed by atoms with van der Waals surface area (Å²) in [5.41, 5.74) is 0.103. The van der Waals surface area contributed by atoms with Gasteiger partial charge in [0.05, 0.1) is 0 Å². The first-order chi connectivity index (χ1) is 9.31. The quantitative estimate of drug-likeness (QED) is 0.734. The molecule has 0 saturated carbocycles. The zero-order chi connectivity index (χ0) is 15.3. The molecule has 7 heteroatoms. The van der Waals surface area contributed by atoms with Crippen LogP contribution in [-0.4, -0.2) is 29.6 Å². The van der Waals surface area contributed by atoms with Crippen molar-refractivity contribution in [3.05, 3.63) is 35.4 Å². The Morgan fingerprint density at radius 3 is 2.45 bits per heavy atom. The number of carboxylic acid groups (broad SMARTS) is 1. The van der Waals surface area contributed by atoms with Gasteiger partial charge in [-0.25, -0.2) is 8.78 Å². The van der Waals surface area contributed by atoms with Crippen molar-refractivity contribution in [3.8, 4) is 0 Å². The van der Waals surface area contributed by atoms with Gasteiger partial charge >= 0.3 is 5.97 Å². The van der Waals surface area contributed by atoms with Crippen LogP contribution in [0, 0.1) is 11.6 Å². The molecular weight excluding hydrogens is 270 g/mol. The maximum atomic E-state index is 13.1. The van der Waals surface area contributed by atoms with Crippen LogP contribution in [0.2, 0.25) is 0 Å². The number of hydrogen-bond acceptors (Lipinski definition) is 3. The molecule has 0 saturated heterocycles. The van der Waals surface area contributed by atoms with Gasteiger partial charge in [0.2, 0.25) is 5.91 Å². The number of carbonyl (C=O) groups excluding carboxylic acids is 1. The second-order valence-electron chi connectivity index (χ2n) is 4.45. The molecule has 2 atom stereocenters. The van der Waals surface area contributed by atoms with Crippen molar-refractivity contribution in [2.75, 3.05) is 6.54 Å². The Hall–Kier alpha value is -2.02. The minimum atomic E-state index is -1.22. The van der Waals surface area contributed by atoms with Crippen LogP contribution in [0.1, 0.15) is 25.5 Å². The molecular formula is C13H16F2N2O3. The van der Waals surface area contributed by atoms with Gasteiger partial charge in [0.25, 0.3) is 0 Å². The fraction of sp³-hybridized carbons (Fsp3) is 0.385. The minimum Gasteiger partial charge on any atom is -0.480 e. The highest BCUT2D eigenvalue weighted by molar-refractivity contribution is 5.75. The lowest BCUT2D eigenvalue weighted by Crippen LogP contribution is -2.41. The molecule has 1 aromatic carbocycles. The molecule has 20 heavy (non-hydrogen) atoms. The summed E-state index contributed by atoms with van der Waals surface area (Å²) in [6.45, 7) is 3.22. The minimum absolute atomic E-state index is 0.103. The van der Waals surface area contributed by atoms with E-state index in [-0.39, 0.29) is 24.1 Å². The average Bonchev–Trinajstić information content (AvgIpc) is 2.32. The molecule has 0 bridgehead atoms. The molecule has 3 N–H and O–H groups in total. The highest BCUT2D eigenvalue weighted by atomic mass is 19.2. The zero-order valence-corrected chi connectivity index (χ0v) is 11.1. The van der Waals surface area contributed by atoms with E-state index in [0.29, 0.717) is 0 Å². The van der Waals surface area contributed by atoms with E-state index in [4.69, 9.17) is 5.11 Å². The highest BCUT2D eigenvalue weighted by Gasteiger charge is 2.21. The van der Waals surface area contributed by atoms with Crippen LogP contribution >= 0.6 is 0 Å². The predicted octanol–water partition coefficient (Wildman–Crippen LogP) is 1.20. The van der Waals surface area contributed by atoms with Gasteiger partial charge in [0.1, 0.15) is 6.04 Å². The number of aliphatic carboxylic acids is 1. The fourth-order valence-corrected chi connectivity index (χ4v) is 1.73. The van der Waals surface area contributed by atoms with Crippen LogP contribution in [0.4, 0.5) is 8.78 Å². The Bertz CT molecular complexity index is 508. The highest BCUT2D eigenvalue weighted by Crippen LogP contribution is 2.16. The lowest BCUT2D eigenvalue weighted by Gasteiger charge is -2.19. The van der Waals surface area contributed by atoms with Crippen molar-refractivity contribution in [3.63, 3.8) is 0 Å². The van der Waals surface area contributed by atoms with Crippen molar-refractivity contribution < 1.29 is 23.5 Å². The Morgan fingerprint density at radius 2 is 1.95 bits per heavy atom. The normalized spacial score (nSPS) is 13.6. The monoisotopic (exact) mass is 286 g/mol. The van der Waals surface area contributed by atoms with Crippen LogP contribution in [0.25, 0.3) is 0 Å². The van der Waals surface area contributed by atoms with Crippen molar-refractivity contribution in [2.45, 2.75) is 25.9 Å². The largest absolute Gasteiger partial charge is 0.480 e. The van der Waals surface area contributed by atoms with Gasteiger partial charge in [0, 0.05) is 19.5 Å². The number of carbonyl (C=O) groups is 2. The lowest BCUT2D eigenvalue weighted by molar-refractivity contribution is -0.139. The summed E-state index contributed by atoms with van der Waals surface area (Å²) >= 11 is 0. The van der Waals surface area contributed by atoms with Gasteiger partial charge < -0.3 is 10.4 Å². The third kappa shape index (κ3) is 4.58. The van der Waals surface area contributed by atoms with Crippen molar-refractivity contribution in [1.29, 1.82) is 0 Å². The van der Waals surface area contributed by atoms with Crippen LogP contribution in [0.5, 0.6) is 0 Å². The molecule has 1 aromatic rings. The Labute approximate surface area is 115 Å². The zero-order valence-electron chi connectivity index (χ0n) is 11.1. The van der Waals surface area contributed by atoms with Gasteiger partial charge in [-0.05, 0) is 24.6 Å². The SMILES string of the molecule is CC(=O)NC(C)CNC(C(=O)O)c1ccc(F)c(F)c1. The third-order valence-corrected chi connectivity index (χ3v) is 2.60. The molecule has 0 aromatic heterocycles. The average molecular weight is 286 g/mol. The molecule has 0 fully saturated rings. The number of nitrogens with one attached hydrogen (secondary N) is 2. The summed E-state index contributed by atoms with van der Waals surface area (Å²) in [5, 5.41) is 14.4. The van der Waals surface area contributed by atoms with Crippen LogP contribution in [0.15, 0.2) is 18.2 Å². The lowest BCUT2D eigenvalue weighted by atomic mass is 10.1. The molecule has 1 amide bonds. The molecule has 0 heterocycles. The Morgan fingerprint density at radius 1 is 1.30 bits per heavy atom. The fourth-order valence-electron chi connectivity index (χ4n) is 1.73.